The van der Waals surface area contributed by atoms with Gasteiger partial charge in [0.2, 0.25) is 12.5 Å². The highest BCUT2D eigenvalue weighted by atomic mass is 16.7. The Morgan fingerprint density at radius 3 is 2.87 bits per heavy atom. The van der Waals surface area contributed by atoms with Crippen molar-refractivity contribution in [3.05, 3.63) is 46.5 Å². The van der Waals surface area contributed by atoms with Gasteiger partial charge in [0.05, 0.1) is 7.11 Å². The predicted octanol–water partition coefficient (Wildman–Crippen LogP) is 5.46. The lowest BCUT2D eigenvalue weighted by molar-refractivity contribution is -0.129. The van der Waals surface area contributed by atoms with Crippen molar-refractivity contribution in [2.45, 2.75) is 63.8 Å². The maximum Gasteiger partial charge on any atom is 0.231 e. The topological polar surface area (TPSA) is 57.2 Å². The maximum atomic E-state index is 12.6. The highest BCUT2D eigenvalue weighted by molar-refractivity contribution is 5.87. The fraction of sp³-hybridized carbons (Fsp3) is 0.545. The van der Waals surface area contributed by atoms with Gasteiger partial charge in [-0.1, -0.05) is 24.8 Å². The largest absolute Gasteiger partial charge is 0.492 e. The number of methoxy groups -OCH3 is 1. The SMILES string of the molecule is COc1c2c(cc3c1C(C#CCOc1ccc4c(c1)CCC1C4CC[C@]4(C)C(=O)CCC14)N(C)CC3)OCO2. The van der Waals surface area contributed by atoms with Gasteiger partial charge in [-0.05, 0) is 98.2 Å². The summed E-state index contributed by atoms with van der Waals surface area (Å²) >= 11 is 0. The van der Waals surface area contributed by atoms with Gasteiger partial charge in [0, 0.05) is 23.9 Å². The van der Waals surface area contributed by atoms with Crippen molar-refractivity contribution in [1.29, 1.82) is 0 Å². The minimum atomic E-state index is -0.0956. The number of ketones is 1. The van der Waals surface area contributed by atoms with Crippen LogP contribution in [0.2, 0.25) is 0 Å². The molecule has 0 aromatic heterocycles. The summed E-state index contributed by atoms with van der Waals surface area (Å²) in [5.74, 6) is 12.1. The van der Waals surface area contributed by atoms with E-state index in [0.29, 0.717) is 35.9 Å². The van der Waals surface area contributed by atoms with Crippen LogP contribution in [0.3, 0.4) is 0 Å². The number of aryl methyl sites for hydroxylation is 1. The minimum Gasteiger partial charge on any atom is -0.492 e. The molecule has 0 saturated heterocycles. The number of rotatable bonds is 3. The lowest BCUT2D eigenvalue weighted by Crippen LogP contribution is -2.42. The second-order valence-electron chi connectivity index (χ2n) is 12.2. The van der Waals surface area contributed by atoms with Gasteiger partial charge in [0.25, 0.3) is 0 Å². The molecular formula is C33H37NO5. The zero-order valence-electron chi connectivity index (χ0n) is 23.2. The molecule has 2 heterocycles. The third kappa shape index (κ3) is 3.92. The van der Waals surface area contributed by atoms with Crippen LogP contribution < -0.4 is 18.9 Å². The van der Waals surface area contributed by atoms with E-state index in [0.717, 1.165) is 67.9 Å². The molecule has 0 bridgehead atoms. The molecule has 5 atom stereocenters. The van der Waals surface area contributed by atoms with Crippen molar-refractivity contribution in [3.8, 4) is 34.8 Å². The highest BCUT2D eigenvalue weighted by Crippen LogP contribution is 2.59. The molecule has 6 heteroatoms. The number of benzene rings is 2. The molecule has 7 rings (SSSR count). The number of hydrogen-bond acceptors (Lipinski definition) is 6. The number of nitrogens with zero attached hydrogens (tertiary/aromatic N) is 1. The Bertz CT molecular complexity index is 1390. The lowest BCUT2D eigenvalue weighted by Gasteiger charge is -2.48. The first-order chi connectivity index (χ1) is 19.0. The van der Waals surface area contributed by atoms with Crippen LogP contribution in [0.15, 0.2) is 24.3 Å². The van der Waals surface area contributed by atoms with Gasteiger partial charge in [0.15, 0.2) is 11.5 Å². The summed E-state index contributed by atoms with van der Waals surface area (Å²) in [5, 5.41) is 0. The summed E-state index contributed by atoms with van der Waals surface area (Å²) in [6, 6.07) is 8.61. The van der Waals surface area contributed by atoms with Gasteiger partial charge in [-0.15, -0.1) is 0 Å². The quantitative estimate of drug-likeness (QED) is 0.494. The van der Waals surface area contributed by atoms with Crippen LogP contribution in [0, 0.1) is 29.1 Å². The van der Waals surface area contributed by atoms with E-state index in [9.17, 15) is 4.79 Å². The average Bonchev–Trinajstić information content (AvgIpc) is 3.54. The zero-order valence-corrected chi connectivity index (χ0v) is 23.2. The van der Waals surface area contributed by atoms with Crippen LogP contribution >= 0.6 is 0 Å². The molecule has 4 unspecified atom stereocenters. The first-order valence-corrected chi connectivity index (χ1v) is 14.4. The molecule has 2 fully saturated rings. The summed E-state index contributed by atoms with van der Waals surface area (Å²) in [5.41, 5.74) is 5.10. The molecule has 2 aromatic carbocycles. The average molecular weight is 528 g/mol. The van der Waals surface area contributed by atoms with E-state index in [1.807, 2.05) is 0 Å². The van der Waals surface area contributed by atoms with Crippen LogP contribution in [0.5, 0.6) is 23.0 Å². The molecule has 5 aliphatic rings. The molecule has 0 N–H and O–H groups in total. The highest BCUT2D eigenvalue weighted by Gasteiger charge is 2.54. The third-order valence-electron chi connectivity index (χ3n) is 10.4. The lowest BCUT2D eigenvalue weighted by atomic mass is 9.55. The standard InChI is InChI=1S/C33H37NO5/c1-33-14-12-24-23-9-7-22(17-20(23)6-8-25(24)26(33)10-11-29(33)35)37-16-4-5-27-30-21(13-15-34(27)2)18-28-31(32(30)36-3)39-19-38-28/h7,9,17-18,24-27H,6,8,10-16,19H2,1-3H3/t24?,25?,26?,27?,33-/m0/s1. The number of likely N-dealkylation sites (N-methyl/N-ethyl adjacent to an activating group) is 1. The molecular weight excluding hydrogens is 490 g/mol. The Morgan fingerprint density at radius 2 is 2.00 bits per heavy atom. The van der Waals surface area contributed by atoms with Crippen LogP contribution in [-0.2, 0) is 17.6 Å². The molecule has 2 aromatic rings. The monoisotopic (exact) mass is 527 g/mol. The summed E-state index contributed by atoms with van der Waals surface area (Å²) in [6.07, 6.45) is 7.20. The van der Waals surface area contributed by atoms with Crippen LogP contribution in [0.1, 0.15) is 73.2 Å². The van der Waals surface area contributed by atoms with Crippen molar-refractivity contribution in [2.75, 3.05) is 34.1 Å². The molecule has 3 aliphatic carbocycles. The van der Waals surface area contributed by atoms with Gasteiger partial charge in [0.1, 0.15) is 24.2 Å². The number of hydrogen-bond donors (Lipinski definition) is 0. The van der Waals surface area contributed by atoms with Crippen molar-refractivity contribution < 1.29 is 23.7 Å². The van der Waals surface area contributed by atoms with Crippen molar-refractivity contribution in [3.63, 3.8) is 0 Å². The fourth-order valence-electron chi connectivity index (χ4n) is 8.29. The normalized spacial score (nSPS) is 30.4. The van der Waals surface area contributed by atoms with Crippen LogP contribution in [0.4, 0.5) is 0 Å². The number of carbonyl (C=O) groups excluding carboxylic acids is 1. The number of carbonyl (C=O) groups is 1. The Balaban J connectivity index is 1.06. The second-order valence-corrected chi connectivity index (χ2v) is 12.2. The summed E-state index contributed by atoms with van der Waals surface area (Å²) < 4.78 is 23.3. The maximum absolute atomic E-state index is 12.6. The second kappa shape index (κ2) is 9.48. The fourth-order valence-corrected chi connectivity index (χ4v) is 8.29. The van der Waals surface area contributed by atoms with Gasteiger partial charge in [-0.3, -0.25) is 9.69 Å². The Kier molecular flexibility index (Phi) is 6.04. The molecule has 204 valence electrons. The van der Waals surface area contributed by atoms with E-state index < -0.39 is 0 Å². The predicted molar refractivity (Wildman–Crippen MR) is 148 cm³/mol. The molecule has 0 spiro atoms. The van der Waals surface area contributed by atoms with E-state index in [4.69, 9.17) is 18.9 Å². The Hall–Kier alpha value is -3.17. The smallest absolute Gasteiger partial charge is 0.231 e. The van der Waals surface area contributed by atoms with Gasteiger partial charge in [-0.2, -0.15) is 0 Å². The number of fused-ring (bicyclic) bond motifs is 7. The molecule has 0 amide bonds. The molecule has 6 nitrogen and oxygen atoms in total. The van der Waals surface area contributed by atoms with E-state index in [1.54, 1.807) is 7.11 Å². The van der Waals surface area contributed by atoms with Crippen molar-refractivity contribution in [1.82, 2.24) is 4.90 Å². The van der Waals surface area contributed by atoms with E-state index in [-0.39, 0.29) is 18.2 Å². The van der Waals surface area contributed by atoms with Crippen molar-refractivity contribution in [2.24, 2.45) is 17.3 Å². The molecule has 39 heavy (non-hydrogen) atoms. The number of Topliss-reactive ketones (excluding diaryl/α,β-unsaturated/α-hetero) is 1. The molecule has 0 radical (unpaired) electrons. The van der Waals surface area contributed by atoms with E-state index in [2.05, 4.69) is 55.0 Å². The van der Waals surface area contributed by atoms with Crippen molar-refractivity contribution >= 4 is 5.78 Å². The molecule has 2 aliphatic heterocycles. The van der Waals surface area contributed by atoms with Crippen LogP contribution in [0.25, 0.3) is 0 Å². The number of ether oxygens (including phenoxy) is 4. The Morgan fingerprint density at radius 1 is 1.10 bits per heavy atom. The van der Waals surface area contributed by atoms with Gasteiger partial charge < -0.3 is 18.9 Å². The minimum absolute atomic E-state index is 0.0713. The van der Waals surface area contributed by atoms with Gasteiger partial charge in [-0.25, -0.2) is 0 Å². The zero-order chi connectivity index (χ0) is 26.7. The van der Waals surface area contributed by atoms with E-state index >= 15 is 0 Å². The van der Waals surface area contributed by atoms with Gasteiger partial charge >= 0.3 is 0 Å². The molecule has 2 saturated carbocycles. The Labute approximate surface area is 230 Å². The summed E-state index contributed by atoms with van der Waals surface area (Å²) in [4.78, 5) is 14.9. The van der Waals surface area contributed by atoms with E-state index in [1.165, 1.54) is 23.1 Å². The first-order valence-electron chi connectivity index (χ1n) is 14.4. The summed E-state index contributed by atoms with van der Waals surface area (Å²) in [6.45, 7) is 3.71. The first kappa shape index (κ1) is 24.8. The van der Waals surface area contributed by atoms with Crippen LogP contribution in [-0.4, -0.2) is 44.8 Å². The third-order valence-corrected chi connectivity index (χ3v) is 10.4. The summed E-state index contributed by atoms with van der Waals surface area (Å²) in [7, 11) is 3.77.